The molecule has 1 aromatic heterocycles. The zero-order valence-electron chi connectivity index (χ0n) is 15.7. The molecule has 7 heteroatoms. The Hall–Kier alpha value is -3.22. The molecule has 1 heterocycles. The zero-order chi connectivity index (χ0) is 19.9. The second-order valence-corrected chi connectivity index (χ2v) is 6.76. The van der Waals surface area contributed by atoms with Crippen molar-refractivity contribution in [1.29, 1.82) is 0 Å². The van der Waals surface area contributed by atoms with Crippen LogP contribution in [0.2, 0.25) is 0 Å². The third kappa shape index (κ3) is 4.94. The Bertz CT molecular complexity index is 875. The van der Waals surface area contributed by atoms with Crippen molar-refractivity contribution in [2.75, 3.05) is 12.4 Å². The SMILES string of the molecule is COC(=O)c1cccc(NC(=O)c2cc(C(=O)NC3CCCCC3)ccn2)c1. The first-order valence-electron chi connectivity index (χ1n) is 9.33. The Morgan fingerprint density at radius 2 is 1.79 bits per heavy atom. The lowest BCUT2D eigenvalue weighted by atomic mass is 9.95. The van der Waals surface area contributed by atoms with Crippen molar-refractivity contribution in [3.63, 3.8) is 0 Å². The van der Waals surface area contributed by atoms with Crippen LogP contribution in [0.4, 0.5) is 5.69 Å². The predicted octanol–water partition coefficient (Wildman–Crippen LogP) is 3.18. The second-order valence-electron chi connectivity index (χ2n) is 6.76. The quantitative estimate of drug-likeness (QED) is 0.775. The highest BCUT2D eigenvalue weighted by Crippen LogP contribution is 2.18. The summed E-state index contributed by atoms with van der Waals surface area (Å²) in [7, 11) is 1.29. The summed E-state index contributed by atoms with van der Waals surface area (Å²) >= 11 is 0. The van der Waals surface area contributed by atoms with Gasteiger partial charge in [0.15, 0.2) is 0 Å². The van der Waals surface area contributed by atoms with Crippen LogP contribution in [0.5, 0.6) is 0 Å². The molecular weight excluding hydrogens is 358 g/mol. The number of hydrogen-bond acceptors (Lipinski definition) is 5. The van der Waals surface area contributed by atoms with Gasteiger partial charge in [0.1, 0.15) is 5.69 Å². The summed E-state index contributed by atoms with van der Waals surface area (Å²) in [5.74, 6) is -1.15. The first-order valence-corrected chi connectivity index (χ1v) is 9.33. The number of carbonyl (C=O) groups excluding carboxylic acids is 3. The number of carbonyl (C=O) groups is 3. The molecule has 1 fully saturated rings. The Kier molecular flexibility index (Phi) is 6.37. The first kappa shape index (κ1) is 19.5. The van der Waals surface area contributed by atoms with E-state index in [-0.39, 0.29) is 17.6 Å². The van der Waals surface area contributed by atoms with Gasteiger partial charge in [0.2, 0.25) is 0 Å². The minimum Gasteiger partial charge on any atom is -0.465 e. The lowest BCUT2D eigenvalue weighted by Gasteiger charge is -2.22. The maximum Gasteiger partial charge on any atom is 0.337 e. The molecule has 1 saturated carbocycles. The molecule has 7 nitrogen and oxygen atoms in total. The molecule has 146 valence electrons. The minimum atomic E-state index is -0.490. The molecule has 1 aliphatic carbocycles. The van der Waals surface area contributed by atoms with Crippen LogP contribution in [0.3, 0.4) is 0 Å². The lowest BCUT2D eigenvalue weighted by Crippen LogP contribution is -2.36. The fourth-order valence-electron chi connectivity index (χ4n) is 3.25. The highest BCUT2D eigenvalue weighted by molar-refractivity contribution is 6.05. The highest BCUT2D eigenvalue weighted by Gasteiger charge is 2.18. The smallest absolute Gasteiger partial charge is 0.337 e. The highest BCUT2D eigenvalue weighted by atomic mass is 16.5. The van der Waals surface area contributed by atoms with Crippen LogP contribution in [-0.4, -0.2) is 35.9 Å². The first-order chi connectivity index (χ1) is 13.6. The van der Waals surface area contributed by atoms with Gasteiger partial charge in [0.05, 0.1) is 12.7 Å². The van der Waals surface area contributed by atoms with E-state index in [9.17, 15) is 14.4 Å². The summed E-state index contributed by atoms with van der Waals surface area (Å²) in [6, 6.07) is 9.66. The van der Waals surface area contributed by atoms with Crippen molar-refractivity contribution in [2.24, 2.45) is 0 Å². The van der Waals surface area contributed by atoms with Crippen LogP contribution in [0.15, 0.2) is 42.6 Å². The normalized spacial score (nSPS) is 14.2. The Morgan fingerprint density at radius 3 is 2.54 bits per heavy atom. The molecule has 0 radical (unpaired) electrons. The van der Waals surface area contributed by atoms with Crippen molar-refractivity contribution in [3.05, 3.63) is 59.4 Å². The van der Waals surface area contributed by atoms with Gasteiger partial charge in [-0.1, -0.05) is 25.3 Å². The van der Waals surface area contributed by atoms with E-state index in [1.54, 1.807) is 24.3 Å². The van der Waals surface area contributed by atoms with Gasteiger partial charge in [-0.25, -0.2) is 4.79 Å². The summed E-state index contributed by atoms with van der Waals surface area (Å²) in [6.45, 7) is 0. The second kappa shape index (κ2) is 9.12. The summed E-state index contributed by atoms with van der Waals surface area (Å²) in [6.07, 6.45) is 6.87. The largest absolute Gasteiger partial charge is 0.465 e. The minimum absolute atomic E-state index is 0.125. The number of ether oxygens (including phenoxy) is 1. The Labute approximate surface area is 163 Å². The Balaban J connectivity index is 1.68. The number of pyridine rings is 1. The number of nitrogens with zero attached hydrogens (tertiary/aromatic N) is 1. The average molecular weight is 381 g/mol. The van der Waals surface area contributed by atoms with Crippen molar-refractivity contribution < 1.29 is 19.1 Å². The molecule has 2 amide bonds. The third-order valence-electron chi connectivity index (χ3n) is 4.74. The van der Waals surface area contributed by atoms with Crippen LogP contribution in [-0.2, 0) is 4.74 Å². The summed E-state index contributed by atoms with van der Waals surface area (Å²) in [5, 5.41) is 5.71. The number of rotatable bonds is 5. The van der Waals surface area contributed by atoms with Crippen molar-refractivity contribution >= 4 is 23.5 Å². The molecule has 0 atom stereocenters. The van der Waals surface area contributed by atoms with Crippen molar-refractivity contribution in [2.45, 2.75) is 38.1 Å². The standard InChI is InChI=1S/C21H23N3O4/c1-28-21(27)15-6-5-9-17(12-15)24-20(26)18-13-14(10-11-22-18)19(25)23-16-7-3-2-4-8-16/h5-6,9-13,16H,2-4,7-8H2,1H3,(H,23,25)(H,24,26). The fraction of sp³-hybridized carbons (Fsp3) is 0.333. The van der Waals surface area contributed by atoms with Crippen LogP contribution in [0.25, 0.3) is 0 Å². The number of amides is 2. The van der Waals surface area contributed by atoms with E-state index < -0.39 is 11.9 Å². The third-order valence-corrected chi connectivity index (χ3v) is 4.74. The maximum absolute atomic E-state index is 12.5. The number of methoxy groups -OCH3 is 1. The molecule has 1 aliphatic rings. The van der Waals surface area contributed by atoms with Gasteiger partial charge in [-0.2, -0.15) is 0 Å². The van der Waals surface area contributed by atoms with Crippen LogP contribution >= 0.6 is 0 Å². The molecule has 0 saturated heterocycles. The summed E-state index contributed by atoms with van der Waals surface area (Å²) in [5.41, 5.74) is 1.29. The number of anilines is 1. The molecular formula is C21H23N3O4. The van der Waals surface area contributed by atoms with E-state index in [4.69, 9.17) is 0 Å². The van der Waals surface area contributed by atoms with Crippen LogP contribution in [0, 0.1) is 0 Å². The molecule has 2 aromatic rings. The van der Waals surface area contributed by atoms with Gasteiger partial charge in [0, 0.05) is 23.5 Å². The molecule has 3 rings (SSSR count). The number of nitrogens with one attached hydrogen (secondary N) is 2. The van der Waals surface area contributed by atoms with E-state index in [1.165, 1.54) is 31.9 Å². The van der Waals surface area contributed by atoms with E-state index in [0.29, 0.717) is 16.8 Å². The predicted molar refractivity (Wildman–Crippen MR) is 104 cm³/mol. The van der Waals surface area contributed by atoms with E-state index in [2.05, 4.69) is 20.4 Å². The van der Waals surface area contributed by atoms with Gasteiger partial charge < -0.3 is 15.4 Å². The summed E-state index contributed by atoms with van der Waals surface area (Å²) in [4.78, 5) is 40.7. The number of aromatic nitrogens is 1. The summed E-state index contributed by atoms with van der Waals surface area (Å²) < 4.78 is 4.68. The zero-order valence-corrected chi connectivity index (χ0v) is 15.7. The monoisotopic (exact) mass is 381 g/mol. The number of hydrogen-bond donors (Lipinski definition) is 2. The van der Waals surface area contributed by atoms with Gasteiger partial charge in [-0.15, -0.1) is 0 Å². The topological polar surface area (TPSA) is 97.4 Å². The van der Waals surface area contributed by atoms with Crippen LogP contribution in [0.1, 0.15) is 63.3 Å². The van der Waals surface area contributed by atoms with Crippen LogP contribution < -0.4 is 10.6 Å². The molecule has 0 spiro atoms. The van der Waals surface area contributed by atoms with Crippen molar-refractivity contribution in [3.8, 4) is 0 Å². The van der Waals surface area contributed by atoms with E-state index in [0.717, 1.165) is 25.7 Å². The average Bonchev–Trinajstić information content (AvgIpc) is 2.74. The van der Waals surface area contributed by atoms with Gasteiger partial charge in [0.25, 0.3) is 11.8 Å². The maximum atomic E-state index is 12.5. The fourth-order valence-corrected chi connectivity index (χ4v) is 3.25. The number of benzene rings is 1. The molecule has 28 heavy (non-hydrogen) atoms. The van der Waals surface area contributed by atoms with E-state index >= 15 is 0 Å². The van der Waals surface area contributed by atoms with Gasteiger partial charge in [-0.3, -0.25) is 14.6 Å². The molecule has 2 N–H and O–H groups in total. The molecule has 0 unspecified atom stereocenters. The Morgan fingerprint density at radius 1 is 1.00 bits per heavy atom. The molecule has 1 aromatic carbocycles. The molecule has 0 bridgehead atoms. The lowest BCUT2D eigenvalue weighted by molar-refractivity contribution is 0.0600. The van der Waals surface area contributed by atoms with Gasteiger partial charge in [-0.05, 0) is 43.2 Å². The number of esters is 1. The van der Waals surface area contributed by atoms with Crippen molar-refractivity contribution in [1.82, 2.24) is 10.3 Å². The van der Waals surface area contributed by atoms with E-state index in [1.807, 2.05) is 0 Å². The van der Waals surface area contributed by atoms with Gasteiger partial charge >= 0.3 is 5.97 Å². The molecule has 0 aliphatic heterocycles.